The Hall–Kier alpha value is -2.60. The van der Waals surface area contributed by atoms with Crippen molar-refractivity contribution in [1.82, 2.24) is 0 Å². The number of carbonyl (C=O) groups excluding carboxylic acids is 1. The van der Waals surface area contributed by atoms with Gasteiger partial charge in [-0.25, -0.2) is 8.42 Å². The number of amides is 1. The van der Waals surface area contributed by atoms with E-state index in [2.05, 4.69) is 4.99 Å². The van der Waals surface area contributed by atoms with E-state index in [9.17, 15) is 13.2 Å². The number of carbonyl (C=O) groups is 1. The first-order chi connectivity index (χ1) is 9.20. The second kappa shape index (κ2) is 5.58. The zero-order valence-corrected chi connectivity index (χ0v) is 11.6. The minimum Gasteiger partial charge on any atom is -0.496 e. The first kappa shape index (κ1) is 15.5. The lowest BCUT2D eigenvalue weighted by molar-refractivity contribution is 0.0999. The number of nitriles is 1. The zero-order valence-electron chi connectivity index (χ0n) is 10.7. The fraction of sp³-hybridized carbons (Fsp3) is 0.182. The largest absolute Gasteiger partial charge is 0.496 e. The number of rotatable bonds is 3. The molecule has 4 N–H and O–H groups in total. The van der Waals surface area contributed by atoms with Crippen LogP contribution in [-0.2, 0) is 9.84 Å². The predicted molar refractivity (Wildman–Crippen MR) is 71.0 cm³/mol. The molecule has 1 aromatic carbocycles. The van der Waals surface area contributed by atoms with Crippen LogP contribution >= 0.6 is 0 Å². The molecular weight excluding hydrogens is 284 g/mol. The number of ether oxygens (including phenoxy) is 1. The molecule has 0 unspecified atom stereocenters. The topological polar surface area (TPSA) is 149 Å². The van der Waals surface area contributed by atoms with E-state index in [1.54, 1.807) is 6.07 Å². The van der Waals surface area contributed by atoms with Crippen molar-refractivity contribution in [3.8, 4) is 11.8 Å². The summed E-state index contributed by atoms with van der Waals surface area (Å²) < 4.78 is 28.2. The Bertz CT molecular complexity index is 728. The van der Waals surface area contributed by atoms with Gasteiger partial charge in [0, 0.05) is 12.3 Å². The maximum Gasteiger partial charge on any atom is 0.283 e. The van der Waals surface area contributed by atoms with Gasteiger partial charge in [-0.05, 0) is 6.07 Å². The summed E-state index contributed by atoms with van der Waals surface area (Å²) in [5, 5.41) is 8.95. The normalized spacial score (nSPS) is 10.4. The van der Waals surface area contributed by atoms with Crippen LogP contribution in [0.15, 0.2) is 22.0 Å². The average Bonchev–Trinajstić information content (AvgIpc) is 2.34. The SMILES string of the molecule is COc1cc(C#N)c(S(C)(=O)=O)cc1C(=O)N=C(N)N. The van der Waals surface area contributed by atoms with E-state index in [-0.39, 0.29) is 21.8 Å². The van der Waals surface area contributed by atoms with Crippen LogP contribution in [0.25, 0.3) is 0 Å². The number of guanidine groups is 1. The van der Waals surface area contributed by atoms with Crippen LogP contribution in [0, 0.1) is 11.3 Å². The van der Waals surface area contributed by atoms with Gasteiger partial charge in [-0.3, -0.25) is 4.79 Å². The van der Waals surface area contributed by atoms with Crippen molar-refractivity contribution in [1.29, 1.82) is 5.26 Å². The van der Waals surface area contributed by atoms with Gasteiger partial charge in [-0.1, -0.05) is 0 Å². The minimum absolute atomic E-state index is 0.00366. The molecule has 0 radical (unpaired) electrons. The number of nitrogens with two attached hydrogens (primary N) is 2. The Labute approximate surface area is 115 Å². The molecule has 0 heterocycles. The molecule has 0 aromatic heterocycles. The molecule has 0 aliphatic carbocycles. The van der Waals surface area contributed by atoms with Crippen LogP contribution in [-0.4, -0.2) is 33.7 Å². The number of nitrogens with zero attached hydrogens (tertiary/aromatic N) is 2. The summed E-state index contributed by atoms with van der Waals surface area (Å²) in [6.45, 7) is 0. The van der Waals surface area contributed by atoms with Gasteiger partial charge in [-0.2, -0.15) is 10.3 Å². The molecule has 0 saturated heterocycles. The van der Waals surface area contributed by atoms with Gasteiger partial charge >= 0.3 is 0 Å². The molecule has 0 spiro atoms. The van der Waals surface area contributed by atoms with Crippen molar-refractivity contribution in [3.63, 3.8) is 0 Å². The number of hydrogen-bond acceptors (Lipinski definition) is 5. The molecule has 0 saturated carbocycles. The third-order valence-corrected chi connectivity index (χ3v) is 3.42. The molecule has 0 fully saturated rings. The van der Waals surface area contributed by atoms with Crippen LogP contribution in [0.5, 0.6) is 5.75 Å². The fourth-order valence-electron chi connectivity index (χ4n) is 1.47. The number of methoxy groups -OCH3 is 1. The Morgan fingerprint density at radius 1 is 1.40 bits per heavy atom. The van der Waals surface area contributed by atoms with Crippen molar-refractivity contribution < 1.29 is 17.9 Å². The van der Waals surface area contributed by atoms with Gasteiger partial charge in [0.1, 0.15) is 11.8 Å². The molecule has 9 heteroatoms. The molecule has 20 heavy (non-hydrogen) atoms. The first-order valence-corrected chi connectivity index (χ1v) is 7.06. The lowest BCUT2D eigenvalue weighted by Gasteiger charge is -2.09. The van der Waals surface area contributed by atoms with Crippen LogP contribution in [0.1, 0.15) is 15.9 Å². The van der Waals surface area contributed by atoms with E-state index in [0.29, 0.717) is 0 Å². The van der Waals surface area contributed by atoms with Crippen molar-refractivity contribution in [2.75, 3.05) is 13.4 Å². The highest BCUT2D eigenvalue weighted by Gasteiger charge is 2.21. The van der Waals surface area contributed by atoms with Gasteiger partial charge in [0.2, 0.25) is 0 Å². The molecule has 1 amide bonds. The van der Waals surface area contributed by atoms with Crippen LogP contribution in [0.4, 0.5) is 0 Å². The number of hydrogen-bond donors (Lipinski definition) is 2. The van der Waals surface area contributed by atoms with E-state index in [0.717, 1.165) is 18.4 Å². The lowest BCUT2D eigenvalue weighted by atomic mass is 10.1. The first-order valence-electron chi connectivity index (χ1n) is 5.17. The van der Waals surface area contributed by atoms with E-state index < -0.39 is 21.7 Å². The minimum atomic E-state index is -3.70. The highest BCUT2D eigenvalue weighted by Crippen LogP contribution is 2.27. The second-order valence-electron chi connectivity index (χ2n) is 3.77. The monoisotopic (exact) mass is 296 g/mol. The van der Waals surface area contributed by atoms with E-state index >= 15 is 0 Å². The number of sulfone groups is 1. The highest BCUT2D eigenvalue weighted by molar-refractivity contribution is 7.90. The van der Waals surface area contributed by atoms with Crippen molar-refractivity contribution in [3.05, 3.63) is 23.3 Å². The molecule has 106 valence electrons. The molecule has 0 bridgehead atoms. The van der Waals surface area contributed by atoms with Gasteiger partial charge in [0.05, 0.1) is 23.1 Å². The van der Waals surface area contributed by atoms with Crippen molar-refractivity contribution in [2.24, 2.45) is 16.5 Å². The van der Waals surface area contributed by atoms with Crippen molar-refractivity contribution >= 4 is 21.7 Å². The average molecular weight is 296 g/mol. The molecule has 1 rings (SSSR count). The van der Waals surface area contributed by atoms with Gasteiger partial charge < -0.3 is 16.2 Å². The second-order valence-corrected chi connectivity index (χ2v) is 5.76. The third-order valence-electron chi connectivity index (χ3n) is 2.28. The summed E-state index contributed by atoms with van der Waals surface area (Å²) in [5.74, 6) is -1.33. The van der Waals surface area contributed by atoms with Crippen LogP contribution < -0.4 is 16.2 Å². The summed E-state index contributed by atoms with van der Waals surface area (Å²) in [7, 11) is -2.43. The predicted octanol–water partition coefficient (Wildman–Crippen LogP) is -0.616. The smallest absolute Gasteiger partial charge is 0.283 e. The molecule has 0 aliphatic heterocycles. The fourth-order valence-corrected chi connectivity index (χ4v) is 2.30. The summed E-state index contributed by atoms with van der Waals surface area (Å²) >= 11 is 0. The van der Waals surface area contributed by atoms with Gasteiger partial charge in [0.15, 0.2) is 15.8 Å². The van der Waals surface area contributed by atoms with Crippen LogP contribution in [0.3, 0.4) is 0 Å². The molecule has 0 aliphatic rings. The van der Waals surface area contributed by atoms with Gasteiger partial charge in [-0.15, -0.1) is 0 Å². The van der Waals surface area contributed by atoms with E-state index in [4.69, 9.17) is 21.5 Å². The number of aliphatic imine (C=N–C) groups is 1. The highest BCUT2D eigenvalue weighted by atomic mass is 32.2. The Kier molecular flexibility index (Phi) is 4.31. The quantitative estimate of drug-likeness (QED) is 0.557. The van der Waals surface area contributed by atoms with E-state index in [1.807, 2.05) is 0 Å². The van der Waals surface area contributed by atoms with Gasteiger partial charge in [0.25, 0.3) is 5.91 Å². The maximum absolute atomic E-state index is 11.8. The van der Waals surface area contributed by atoms with Crippen LogP contribution in [0.2, 0.25) is 0 Å². The standard InChI is InChI=1S/C11H12N4O4S/c1-19-8-3-6(5-12)9(20(2,17)18)4-7(8)10(16)15-11(13)14/h3-4H,1-2H3,(H4,13,14,15,16). The molecule has 8 nitrogen and oxygen atoms in total. The summed E-state index contributed by atoms with van der Waals surface area (Å²) in [6, 6.07) is 3.89. The Morgan fingerprint density at radius 3 is 2.40 bits per heavy atom. The molecule has 1 aromatic rings. The maximum atomic E-state index is 11.8. The Morgan fingerprint density at radius 2 is 2.00 bits per heavy atom. The Balaban J connectivity index is 3.66. The lowest BCUT2D eigenvalue weighted by Crippen LogP contribution is -2.24. The summed E-state index contributed by atoms with van der Waals surface area (Å²) in [4.78, 5) is 14.8. The van der Waals surface area contributed by atoms with Crippen molar-refractivity contribution in [2.45, 2.75) is 4.90 Å². The zero-order chi connectivity index (χ0) is 15.5. The van der Waals surface area contributed by atoms with E-state index in [1.165, 1.54) is 7.11 Å². The molecule has 0 atom stereocenters. The molecular formula is C11H12N4O4S. The summed E-state index contributed by atoms with van der Waals surface area (Å²) in [5.41, 5.74) is 9.91. The summed E-state index contributed by atoms with van der Waals surface area (Å²) in [6.07, 6.45) is 0.921. The third kappa shape index (κ3) is 3.24. The number of benzene rings is 1.